The number of rotatable bonds is 5. The lowest BCUT2D eigenvalue weighted by Crippen LogP contribution is -1.94. The van der Waals surface area contributed by atoms with Gasteiger partial charge in [0.15, 0.2) is 5.78 Å². The number of methoxy groups -OCH3 is 1. The molecule has 2 nitrogen and oxygen atoms in total. The number of hydrogen-bond donors (Lipinski definition) is 0. The first-order valence-electron chi connectivity index (χ1n) is 7.64. The highest BCUT2D eigenvalue weighted by atomic mass is 32.2. The zero-order valence-electron chi connectivity index (χ0n) is 13.7. The van der Waals surface area contributed by atoms with Gasteiger partial charge in [0.05, 0.1) is 7.11 Å². The fraction of sp³-hybridized carbons (Fsp3) is 0.0952. The summed E-state index contributed by atoms with van der Waals surface area (Å²) in [5.41, 5.74) is 1.64. The minimum atomic E-state index is -0.00587. The number of carbonyl (C=O) groups excluding carboxylic acids is 1. The molecule has 0 saturated heterocycles. The maximum Gasteiger partial charge on any atom is 0.185 e. The highest BCUT2D eigenvalue weighted by molar-refractivity contribution is 7.98. The van der Waals surface area contributed by atoms with E-state index >= 15 is 0 Å². The molecule has 120 valence electrons. The maximum absolute atomic E-state index is 12.4. The summed E-state index contributed by atoms with van der Waals surface area (Å²) in [6.45, 7) is 0. The molecule has 0 aromatic heterocycles. The van der Waals surface area contributed by atoms with Crippen molar-refractivity contribution in [2.24, 2.45) is 0 Å². The molecule has 0 amide bonds. The number of benzene rings is 3. The van der Waals surface area contributed by atoms with E-state index in [0.29, 0.717) is 5.56 Å². The van der Waals surface area contributed by atoms with Gasteiger partial charge in [0.1, 0.15) is 5.75 Å². The zero-order valence-corrected chi connectivity index (χ0v) is 14.5. The molecule has 3 heteroatoms. The van der Waals surface area contributed by atoms with Gasteiger partial charge in [0.25, 0.3) is 0 Å². The van der Waals surface area contributed by atoms with Crippen molar-refractivity contribution < 1.29 is 9.53 Å². The van der Waals surface area contributed by atoms with E-state index in [1.807, 2.05) is 73.0 Å². The summed E-state index contributed by atoms with van der Waals surface area (Å²) in [5, 5.41) is 2.21. The van der Waals surface area contributed by atoms with Gasteiger partial charge in [-0.2, -0.15) is 0 Å². The molecule has 0 unspecified atom stereocenters. The Kier molecular flexibility index (Phi) is 5.02. The molecule has 3 aromatic carbocycles. The predicted octanol–water partition coefficient (Wildman–Crippen LogP) is 5.47. The SMILES string of the molecule is COc1cc(C=CC(=O)c2ccc3ccccc3c2)ccc1SC. The second kappa shape index (κ2) is 7.37. The van der Waals surface area contributed by atoms with Crippen LogP contribution in [0.2, 0.25) is 0 Å². The van der Waals surface area contributed by atoms with Gasteiger partial charge in [-0.3, -0.25) is 4.79 Å². The minimum Gasteiger partial charge on any atom is -0.496 e. The molecule has 0 heterocycles. The average Bonchev–Trinajstić information content (AvgIpc) is 2.65. The van der Waals surface area contributed by atoms with E-state index in [1.165, 1.54) is 0 Å². The summed E-state index contributed by atoms with van der Waals surface area (Å²) in [4.78, 5) is 13.5. The Bertz CT molecular complexity index is 913. The molecule has 0 radical (unpaired) electrons. The van der Waals surface area contributed by atoms with Crippen LogP contribution in [0.25, 0.3) is 16.8 Å². The second-order valence-electron chi connectivity index (χ2n) is 5.37. The molecule has 0 fully saturated rings. The smallest absolute Gasteiger partial charge is 0.185 e. The van der Waals surface area contributed by atoms with Gasteiger partial charge in [0, 0.05) is 10.5 Å². The monoisotopic (exact) mass is 334 g/mol. The molecule has 24 heavy (non-hydrogen) atoms. The number of fused-ring (bicyclic) bond motifs is 1. The van der Waals surface area contributed by atoms with Crippen molar-refractivity contribution >= 4 is 34.4 Å². The molecular weight excluding hydrogens is 316 g/mol. The van der Waals surface area contributed by atoms with E-state index < -0.39 is 0 Å². The standard InChI is InChI=1S/C21H18O2S/c1-23-20-13-15(8-12-21(20)24-2)7-11-19(22)18-10-9-16-5-3-4-6-17(16)14-18/h3-14H,1-2H3. The van der Waals surface area contributed by atoms with Gasteiger partial charge in [-0.15, -0.1) is 11.8 Å². The van der Waals surface area contributed by atoms with Gasteiger partial charge >= 0.3 is 0 Å². The Labute approximate surface area is 146 Å². The Morgan fingerprint density at radius 3 is 2.54 bits per heavy atom. The summed E-state index contributed by atoms with van der Waals surface area (Å²) in [6, 6.07) is 19.7. The van der Waals surface area contributed by atoms with Crippen molar-refractivity contribution in [1.29, 1.82) is 0 Å². The summed E-state index contributed by atoms with van der Waals surface area (Å²) in [6.07, 6.45) is 5.44. The summed E-state index contributed by atoms with van der Waals surface area (Å²) in [5.74, 6) is 0.816. The van der Waals surface area contributed by atoms with Crippen LogP contribution in [-0.4, -0.2) is 19.1 Å². The fourth-order valence-electron chi connectivity index (χ4n) is 2.57. The van der Waals surface area contributed by atoms with Crippen LogP contribution in [0.15, 0.2) is 71.6 Å². The number of allylic oxidation sites excluding steroid dienone is 1. The van der Waals surface area contributed by atoms with Gasteiger partial charge in [0.2, 0.25) is 0 Å². The van der Waals surface area contributed by atoms with Crippen molar-refractivity contribution in [2.75, 3.05) is 13.4 Å². The maximum atomic E-state index is 12.4. The number of thioether (sulfide) groups is 1. The van der Waals surface area contributed by atoms with E-state index in [2.05, 4.69) is 0 Å². The largest absolute Gasteiger partial charge is 0.496 e. The van der Waals surface area contributed by atoms with E-state index in [0.717, 1.165) is 27.0 Å². The quantitative estimate of drug-likeness (QED) is 0.352. The first kappa shape index (κ1) is 16.3. The first-order valence-corrected chi connectivity index (χ1v) is 8.87. The van der Waals surface area contributed by atoms with E-state index in [9.17, 15) is 4.79 Å². The Balaban J connectivity index is 1.83. The van der Waals surface area contributed by atoms with Crippen LogP contribution < -0.4 is 4.74 Å². The predicted molar refractivity (Wildman–Crippen MR) is 102 cm³/mol. The molecular formula is C21H18O2S. The Hall–Kier alpha value is -2.52. The number of ketones is 1. The van der Waals surface area contributed by atoms with Crippen LogP contribution >= 0.6 is 11.8 Å². The van der Waals surface area contributed by atoms with E-state index in [-0.39, 0.29) is 5.78 Å². The van der Waals surface area contributed by atoms with Gasteiger partial charge in [-0.25, -0.2) is 0 Å². The average molecular weight is 334 g/mol. The topological polar surface area (TPSA) is 26.3 Å². The van der Waals surface area contributed by atoms with Crippen molar-refractivity contribution in [3.63, 3.8) is 0 Å². The Morgan fingerprint density at radius 2 is 1.79 bits per heavy atom. The number of carbonyl (C=O) groups is 1. The van der Waals surface area contributed by atoms with Crippen LogP contribution in [-0.2, 0) is 0 Å². The molecule has 0 atom stereocenters. The van der Waals surface area contributed by atoms with Gasteiger partial charge < -0.3 is 4.74 Å². The summed E-state index contributed by atoms with van der Waals surface area (Å²) >= 11 is 1.64. The van der Waals surface area contributed by atoms with Crippen LogP contribution in [0, 0.1) is 0 Å². The van der Waals surface area contributed by atoms with Crippen LogP contribution in [0.4, 0.5) is 0 Å². The highest BCUT2D eigenvalue weighted by Crippen LogP contribution is 2.28. The number of ether oxygens (including phenoxy) is 1. The third-order valence-corrected chi connectivity index (χ3v) is 4.65. The molecule has 0 spiro atoms. The van der Waals surface area contributed by atoms with Gasteiger partial charge in [-0.05, 0) is 46.9 Å². The molecule has 0 aliphatic heterocycles. The molecule has 0 aliphatic rings. The minimum absolute atomic E-state index is 0.00587. The van der Waals surface area contributed by atoms with Crippen molar-refractivity contribution in [1.82, 2.24) is 0 Å². The molecule has 0 bridgehead atoms. The molecule has 3 rings (SSSR count). The second-order valence-corrected chi connectivity index (χ2v) is 6.22. The fourth-order valence-corrected chi connectivity index (χ4v) is 3.11. The zero-order chi connectivity index (χ0) is 16.9. The van der Waals surface area contributed by atoms with E-state index in [4.69, 9.17) is 4.74 Å². The third kappa shape index (κ3) is 3.52. The van der Waals surface area contributed by atoms with Crippen LogP contribution in [0.3, 0.4) is 0 Å². The Morgan fingerprint density at radius 1 is 1.00 bits per heavy atom. The lowest BCUT2D eigenvalue weighted by Gasteiger charge is -2.06. The van der Waals surface area contributed by atoms with Crippen LogP contribution in [0.5, 0.6) is 5.75 Å². The van der Waals surface area contributed by atoms with Crippen molar-refractivity contribution in [3.8, 4) is 5.75 Å². The summed E-state index contributed by atoms with van der Waals surface area (Å²) in [7, 11) is 1.66. The first-order chi connectivity index (χ1) is 11.7. The third-order valence-electron chi connectivity index (χ3n) is 3.87. The van der Waals surface area contributed by atoms with Crippen molar-refractivity contribution in [2.45, 2.75) is 4.90 Å². The highest BCUT2D eigenvalue weighted by Gasteiger charge is 2.05. The van der Waals surface area contributed by atoms with Crippen molar-refractivity contribution in [3.05, 3.63) is 77.9 Å². The number of hydrogen-bond acceptors (Lipinski definition) is 3. The summed E-state index contributed by atoms with van der Waals surface area (Å²) < 4.78 is 5.38. The molecule has 0 saturated carbocycles. The lowest BCUT2D eigenvalue weighted by molar-refractivity contribution is 0.104. The molecule has 0 aliphatic carbocycles. The normalized spacial score (nSPS) is 11.1. The van der Waals surface area contributed by atoms with E-state index in [1.54, 1.807) is 24.9 Å². The van der Waals surface area contributed by atoms with Gasteiger partial charge in [-0.1, -0.05) is 48.5 Å². The molecule has 0 N–H and O–H groups in total. The lowest BCUT2D eigenvalue weighted by atomic mass is 10.0. The van der Waals surface area contributed by atoms with Crippen LogP contribution in [0.1, 0.15) is 15.9 Å². The molecule has 3 aromatic rings.